The molecule has 1 aromatic heterocycles. The van der Waals surface area contributed by atoms with Crippen LogP contribution in [0.3, 0.4) is 0 Å². The number of aliphatic hydroxyl groups is 1. The highest BCUT2D eigenvalue weighted by molar-refractivity contribution is 5.96. The van der Waals surface area contributed by atoms with E-state index in [0.717, 1.165) is 49.0 Å². The summed E-state index contributed by atoms with van der Waals surface area (Å²) in [6, 6.07) is 15.0. The fraction of sp³-hybridized carbons (Fsp3) is 0.346. The van der Waals surface area contributed by atoms with Gasteiger partial charge in [-0.25, -0.2) is 14.8 Å². The molecular formula is C26H27N3O3. The lowest BCUT2D eigenvalue weighted by Gasteiger charge is -2.28. The van der Waals surface area contributed by atoms with Crippen LogP contribution in [0.5, 0.6) is 0 Å². The Hall–Kier alpha value is -3.09. The summed E-state index contributed by atoms with van der Waals surface area (Å²) in [7, 11) is 0. The fourth-order valence-electron chi connectivity index (χ4n) is 5.06. The van der Waals surface area contributed by atoms with Gasteiger partial charge in [0.05, 0.1) is 6.61 Å². The molecule has 6 heteroatoms. The first-order chi connectivity index (χ1) is 15.7. The topological polar surface area (TPSA) is 84.3 Å². The second kappa shape index (κ2) is 8.81. The molecular weight excluding hydrogens is 402 g/mol. The van der Waals surface area contributed by atoms with Crippen molar-refractivity contribution in [3.8, 4) is 11.1 Å². The van der Waals surface area contributed by atoms with Gasteiger partial charge in [-0.05, 0) is 55.0 Å². The van der Waals surface area contributed by atoms with Crippen molar-refractivity contribution in [3.05, 3.63) is 83.9 Å². The Labute approximate surface area is 187 Å². The standard InChI is InChI=1S/C26H27N3O3/c30-25(26(31)23-9-3-1-7-21(23)22-8-2-4-10-24(22)26)32-16-19(20-14-28-17-29-15-20)12-18-6-5-11-27-13-18/h1-4,7-10,14-15,17-19,27,31H,5-6,11-13,16H2/t18-,19?/m1/s1. The summed E-state index contributed by atoms with van der Waals surface area (Å²) in [4.78, 5) is 21.7. The van der Waals surface area contributed by atoms with Crippen molar-refractivity contribution in [1.82, 2.24) is 15.3 Å². The van der Waals surface area contributed by atoms with Crippen LogP contribution in [-0.2, 0) is 15.1 Å². The van der Waals surface area contributed by atoms with Crippen molar-refractivity contribution in [1.29, 1.82) is 0 Å². The van der Waals surface area contributed by atoms with Crippen LogP contribution in [0.2, 0.25) is 0 Å². The summed E-state index contributed by atoms with van der Waals surface area (Å²) in [5.41, 5.74) is 2.01. The predicted octanol–water partition coefficient (Wildman–Crippen LogP) is 3.41. The van der Waals surface area contributed by atoms with Crippen LogP contribution in [0.25, 0.3) is 11.1 Å². The van der Waals surface area contributed by atoms with Crippen LogP contribution >= 0.6 is 0 Å². The highest BCUT2D eigenvalue weighted by Crippen LogP contribution is 2.48. The fourth-order valence-corrected chi connectivity index (χ4v) is 5.06. The molecule has 164 valence electrons. The van der Waals surface area contributed by atoms with Gasteiger partial charge in [-0.1, -0.05) is 48.5 Å². The lowest BCUT2D eigenvalue weighted by molar-refractivity contribution is -0.162. The number of carbonyl (C=O) groups is 1. The Bertz CT molecular complexity index is 1050. The number of esters is 1. The molecule has 1 aliphatic heterocycles. The summed E-state index contributed by atoms with van der Waals surface area (Å²) >= 11 is 0. The first-order valence-corrected chi connectivity index (χ1v) is 11.2. The maximum atomic E-state index is 13.4. The Morgan fingerprint density at radius 3 is 2.38 bits per heavy atom. The van der Waals surface area contributed by atoms with Gasteiger partial charge in [-0.2, -0.15) is 0 Å². The molecule has 1 unspecified atom stereocenters. The molecule has 0 bridgehead atoms. The summed E-state index contributed by atoms with van der Waals surface area (Å²) in [6.45, 7) is 2.19. The SMILES string of the molecule is O=C(OCC(C[C@H]1CCCNC1)c1cncnc1)C1(O)c2ccccc2-c2ccccc21. The number of fused-ring (bicyclic) bond motifs is 3. The van der Waals surface area contributed by atoms with E-state index in [1.807, 2.05) is 36.4 Å². The third-order valence-electron chi connectivity index (χ3n) is 6.70. The van der Waals surface area contributed by atoms with Crippen LogP contribution in [0, 0.1) is 5.92 Å². The first kappa shape index (κ1) is 20.8. The molecule has 2 N–H and O–H groups in total. The number of nitrogens with one attached hydrogen (secondary N) is 1. The summed E-state index contributed by atoms with van der Waals surface area (Å²) in [5, 5.41) is 15.1. The van der Waals surface area contributed by atoms with Crippen molar-refractivity contribution in [2.24, 2.45) is 5.92 Å². The van der Waals surface area contributed by atoms with E-state index < -0.39 is 11.6 Å². The number of hydrogen-bond acceptors (Lipinski definition) is 6. The molecule has 2 heterocycles. The largest absolute Gasteiger partial charge is 0.462 e. The molecule has 5 rings (SSSR count). The molecule has 2 atom stereocenters. The Morgan fingerprint density at radius 2 is 1.75 bits per heavy atom. The molecule has 1 aliphatic carbocycles. The number of hydrogen-bond donors (Lipinski definition) is 2. The van der Waals surface area contributed by atoms with E-state index in [1.165, 1.54) is 6.33 Å². The zero-order valence-corrected chi connectivity index (χ0v) is 17.9. The minimum absolute atomic E-state index is 0.0273. The van der Waals surface area contributed by atoms with Gasteiger partial charge in [0.25, 0.3) is 0 Å². The Kier molecular flexibility index (Phi) is 5.72. The van der Waals surface area contributed by atoms with Crippen LogP contribution in [0.15, 0.2) is 67.3 Å². The molecule has 2 aliphatic rings. The van der Waals surface area contributed by atoms with Crippen molar-refractivity contribution >= 4 is 5.97 Å². The van der Waals surface area contributed by atoms with E-state index in [9.17, 15) is 9.90 Å². The van der Waals surface area contributed by atoms with E-state index in [-0.39, 0.29) is 12.5 Å². The zero-order valence-electron chi connectivity index (χ0n) is 17.9. The minimum atomic E-state index is -1.81. The molecule has 1 fully saturated rings. The zero-order chi connectivity index (χ0) is 22.0. The number of piperidine rings is 1. The summed E-state index contributed by atoms with van der Waals surface area (Å²) in [5.74, 6) is -0.164. The second-order valence-corrected chi connectivity index (χ2v) is 8.72. The average molecular weight is 430 g/mol. The average Bonchev–Trinajstić information content (AvgIpc) is 3.13. The predicted molar refractivity (Wildman–Crippen MR) is 121 cm³/mol. The van der Waals surface area contributed by atoms with E-state index in [2.05, 4.69) is 15.3 Å². The molecule has 0 radical (unpaired) electrons. The molecule has 0 spiro atoms. The van der Waals surface area contributed by atoms with Gasteiger partial charge in [0.2, 0.25) is 5.60 Å². The van der Waals surface area contributed by atoms with Crippen LogP contribution in [-0.4, -0.2) is 40.7 Å². The summed E-state index contributed by atoms with van der Waals surface area (Å²) < 4.78 is 5.84. The molecule has 1 saturated heterocycles. The number of aromatic nitrogens is 2. The van der Waals surface area contributed by atoms with E-state index >= 15 is 0 Å². The van der Waals surface area contributed by atoms with Crippen molar-refractivity contribution in [3.63, 3.8) is 0 Å². The van der Waals surface area contributed by atoms with Crippen LogP contribution in [0.1, 0.15) is 41.9 Å². The minimum Gasteiger partial charge on any atom is -0.462 e. The highest BCUT2D eigenvalue weighted by atomic mass is 16.5. The van der Waals surface area contributed by atoms with E-state index in [4.69, 9.17) is 4.74 Å². The molecule has 0 amide bonds. The monoisotopic (exact) mass is 429 g/mol. The third-order valence-corrected chi connectivity index (χ3v) is 6.70. The quantitative estimate of drug-likeness (QED) is 0.584. The lowest BCUT2D eigenvalue weighted by Crippen LogP contribution is -2.38. The van der Waals surface area contributed by atoms with Crippen molar-refractivity contribution in [2.45, 2.75) is 30.8 Å². The normalized spacial score (nSPS) is 19.6. The number of rotatable bonds is 6. The maximum Gasteiger partial charge on any atom is 0.347 e. The van der Waals surface area contributed by atoms with Gasteiger partial charge < -0.3 is 15.2 Å². The van der Waals surface area contributed by atoms with Crippen molar-refractivity contribution in [2.75, 3.05) is 19.7 Å². The summed E-state index contributed by atoms with van der Waals surface area (Å²) in [6.07, 6.45) is 8.25. The molecule has 0 saturated carbocycles. The lowest BCUT2D eigenvalue weighted by atomic mass is 9.86. The van der Waals surface area contributed by atoms with Crippen molar-refractivity contribution < 1.29 is 14.6 Å². The third kappa shape index (κ3) is 3.70. The number of benzene rings is 2. The Morgan fingerprint density at radius 1 is 1.09 bits per heavy atom. The van der Waals surface area contributed by atoms with E-state index in [1.54, 1.807) is 24.5 Å². The number of ether oxygens (including phenoxy) is 1. The molecule has 32 heavy (non-hydrogen) atoms. The number of carbonyl (C=O) groups excluding carboxylic acids is 1. The van der Waals surface area contributed by atoms with Crippen LogP contribution in [0.4, 0.5) is 0 Å². The van der Waals surface area contributed by atoms with Gasteiger partial charge >= 0.3 is 5.97 Å². The van der Waals surface area contributed by atoms with Gasteiger partial charge in [0.15, 0.2) is 0 Å². The molecule has 3 aromatic rings. The molecule has 6 nitrogen and oxygen atoms in total. The van der Waals surface area contributed by atoms with Gasteiger partial charge in [-0.15, -0.1) is 0 Å². The highest BCUT2D eigenvalue weighted by Gasteiger charge is 2.49. The maximum absolute atomic E-state index is 13.4. The van der Waals surface area contributed by atoms with Gasteiger partial charge in [0, 0.05) is 29.4 Å². The van der Waals surface area contributed by atoms with Gasteiger partial charge in [0.1, 0.15) is 6.33 Å². The smallest absolute Gasteiger partial charge is 0.347 e. The first-order valence-electron chi connectivity index (χ1n) is 11.2. The Balaban J connectivity index is 1.39. The molecule has 2 aromatic carbocycles. The second-order valence-electron chi connectivity index (χ2n) is 8.72. The van der Waals surface area contributed by atoms with Gasteiger partial charge in [-0.3, -0.25) is 0 Å². The van der Waals surface area contributed by atoms with Crippen LogP contribution < -0.4 is 5.32 Å². The number of nitrogens with zero attached hydrogens (tertiary/aromatic N) is 2. The van der Waals surface area contributed by atoms with E-state index in [0.29, 0.717) is 17.0 Å².